The first-order valence-electron chi connectivity index (χ1n) is 17.5. The van der Waals surface area contributed by atoms with Crippen LogP contribution >= 0.6 is 7.82 Å². The third-order valence-corrected chi connectivity index (χ3v) is 8.06. The summed E-state index contributed by atoms with van der Waals surface area (Å²) in [5.74, 6) is -2.41. The van der Waals surface area contributed by atoms with Crippen LogP contribution in [0.2, 0.25) is 0 Å². The predicted octanol–water partition coefficient (Wildman–Crippen LogP) is 7.71. The van der Waals surface area contributed by atoms with Gasteiger partial charge in [-0.3, -0.25) is 18.6 Å². The highest BCUT2D eigenvalue weighted by molar-refractivity contribution is 7.47. The zero-order valence-electron chi connectivity index (χ0n) is 28.8. The van der Waals surface area contributed by atoms with Gasteiger partial charge in [-0.15, -0.1) is 0 Å². The fraction of sp³-hybridized carbons (Fsp3) is 0.743. The quantitative estimate of drug-likeness (QED) is 0.0238. The minimum absolute atomic E-state index is 0.128. The van der Waals surface area contributed by atoms with Crippen molar-refractivity contribution in [2.24, 2.45) is 0 Å². The van der Waals surface area contributed by atoms with E-state index in [1.807, 2.05) is 0 Å². The molecule has 0 aliphatic heterocycles. The number of aliphatic hydroxyl groups excluding tert-OH is 1. The Labute approximate surface area is 282 Å². The SMILES string of the molecule is CCC/C=C\C/C=C\CCCCCCCC(=O)NC(COP(=O)(O)OCC(O)COC(=O)CCCCCCC/C=C\CCC)C(=O)O. The van der Waals surface area contributed by atoms with Gasteiger partial charge in [0.1, 0.15) is 12.7 Å². The van der Waals surface area contributed by atoms with Crippen molar-refractivity contribution in [2.45, 2.75) is 148 Å². The number of esters is 1. The molecule has 3 atom stereocenters. The van der Waals surface area contributed by atoms with Crippen LogP contribution in [0.1, 0.15) is 136 Å². The van der Waals surface area contributed by atoms with Crippen LogP contribution in [0.25, 0.3) is 0 Å². The summed E-state index contributed by atoms with van der Waals surface area (Å²) in [6, 6.07) is -1.55. The molecule has 0 heterocycles. The first-order chi connectivity index (χ1) is 22.6. The summed E-state index contributed by atoms with van der Waals surface area (Å²) in [5.41, 5.74) is 0. The molecule has 0 aliphatic rings. The number of rotatable bonds is 32. The maximum Gasteiger partial charge on any atom is 0.472 e. The van der Waals surface area contributed by atoms with Crippen molar-refractivity contribution in [1.82, 2.24) is 5.32 Å². The average molecular weight is 688 g/mol. The fourth-order valence-electron chi connectivity index (χ4n) is 4.35. The molecule has 0 aromatic carbocycles. The molecule has 3 unspecified atom stereocenters. The molecule has 0 aliphatic carbocycles. The summed E-state index contributed by atoms with van der Waals surface area (Å²) in [6.45, 7) is 2.40. The third kappa shape index (κ3) is 30.8. The molecule has 0 rings (SSSR count). The highest BCUT2D eigenvalue weighted by Crippen LogP contribution is 2.43. The number of amides is 1. The second kappa shape index (κ2) is 31.0. The Hall–Kier alpha value is -2.30. The summed E-state index contributed by atoms with van der Waals surface area (Å²) in [7, 11) is -4.75. The van der Waals surface area contributed by atoms with Gasteiger partial charge in [-0.1, -0.05) is 102 Å². The molecule has 12 heteroatoms. The summed E-state index contributed by atoms with van der Waals surface area (Å²) in [4.78, 5) is 45.5. The molecule has 272 valence electrons. The molecule has 0 saturated heterocycles. The van der Waals surface area contributed by atoms with Crippen LogP contribution in [0.3, 0.4) is 0 Å². The van der Waals surface area contributed by atoms with Crippen LogP contribution in [0, 0.1) is 0 Å². The Morgan fingerprint density at radius 3 is 1.77 bits per heavy atom. The number of nitrogens with one attached hydrogen (secondary N) is 1. The van der Waals surface area contributed by atoms with Crippen molar-refractivity contribution in [3.8, 4) is 0 Å². The summed E-state index contributed by atoms with van der Waals surface area (Å²) < 4.78 is 26.6. The lowest BCUT2D eigenvalue weighted by molar-refractivity contribution is -0.147. The Morgan fingerprint density at radius 2 is 1.17 bits per heavy atom. The second-order valence-corrected chi connectivity index (χ2v) is 13.1. The zero-order valence-corrected chi connectivity index (χ0v) is 29.7. The molecule has 0 aromatic rings. The maximum atomic E-state index is 12.2. The molecular weight excluding hydrogens is 625 g/mol. The van der Waals surface area contributed by atoms with Gasteiger partial charge in [-0.25, -0.2) is 9.36 Å². The highest BCUT2D eigenvalue weighted by Gasteiger charge is 2.28. The van der Waals surface area contributed by atoms with Crippen LogP contribution in [0.15, 0.2) is 36.5 Å². The lowest BCUT2D eigenvalue weighted by atomic mass is 10.1. The van der Waals surface area contributed by atoms with Crippen LogP contribution in [0.5, 0.6) is 0 Å². The number of carboxylic acids is 1. The van der Waals surface area contributed by atoms with E-state index in [0.717, 1.165) is 96.3 Å². The van der Waals surface area contributed by atoms with Crippen LogP contribution in [-0.4, -0.2) is 64.9 Å². The second-order valence-electron chi connectivity index (χ2n) is 11.7. The number of carbonyl (C=O) groups excluding carboxylic acids is 2. The largest absolute Gasteiger partial charge is 0.480 e. The minimum Gasteiger partial charge on any atom is -0.480 e. The monoisotopic (exact) mass is 687 g/mol. The molecule has 0 fully saturated rings. The third-order valence-electron chi connectivity index (χ3n) is 7.11. The molecule has 4 N–H and O–H groups in total. The number of carboxylic acid groups (broad SMARTS) is 1. The molecule has 0 bridgehead atoms. The number of ether oxygens (including phenoxy) is 1. The lowest BCUT2D eigenvalue weighted by Gasteiger charge is -2.18. The van der Waals surface area contributed by atoms with Crippen molar-refractivity contribution in [2.75, 3.05) is 19.8 Å². The predicted molar refractivity (Wildman–Crippen MR) is 185 cm³/mol. The number of aliphatic carboxylic acids is 1. The Balaban J connectivity index is 4.05. The molecule has 47 heavy (non-hydrogen) atoms. The molecular formula is C35H62NO10P. The Bertz CT molecular complexity index is 953. The van der Waals surface area contributed by atoms with E-state index in [9.17, 15) is 34.1 Å². The van der Waals surface area contributed by atoms with E-state index in [1.165, 1.54) is 0 Å². The standard InChI is InChI=1S/C35H62NO10P/c1-3-5-7-9-11-13-15-16-17-18-20-22-24-26-33(38)36-32(35(40)41)30-46-47(42,43)45-29-31(37)28-44-34(39)27-25-23-21-19-14-12-10-8-6-4-2/h7-10,13,15,31-32,37H,3-6,11-12,14,16-30H2,1-2H3,(H,36,38)(H,40,41)(H,42,43)/b9-7-,10-8-,15-13-. The number of hydrogen-bond acceptors (Lipinski definition) is 8. The van der Waals surface area contributed by atoms with Gasteiger partial charge in [-0.05, 0) is 57.8 Å². The number of phosphoric acid groups is 1. The molecule has 1 amide bonds. The minimum atomic E-state index is -4.75. The van der Waals surface area contributed by atoms with Gasteiger partial charge in [0.2, 0.25) is 5.91 Å². The average Bonchev–Trinajstić information content (AvgIpc) is 3.04. The number of hydrogen-bond donors (Lipinski definition) is 4. The van der Waals surface area contributed by atoms with E-state index in [1.54, 1.807) is 0 Å². The van der Waals surface area contributed by atoms with Crippen LogP contribution < -0.4 is 5.32 Å². The highest BCUT2D eigenvalue weighted by atomic mass is 31.2. The summed E-state index contributed by atoms with van der Waals surface area (Å²) >= 11 is 0. The van der Waals surface area contributed by atoms with Gasteiger partial charge in [-0.2, -0.15) is 0 Å². The maximum absolute atomic E-state index is 12.2. The van der Waals surface area contributed by atoms with Gasteiger partial charge in [0.15, 0.2) is 6.04 Å². The van der Waals surface area contributed by atoms with Crippen molar-refractivity contribution in [3.05, 3.63) is 36.5 Å². The molecule has 0 radical (unpaired) electrons. The zero-order chi connectivity index (χ0) is 35.0. The smallest absolute Gasteiger partial charge is 0.472 e. The Morgan fingerprint density at radius 1 is 0.681 bits per heavy atom. The number of phosphoric ester groups is 1. The van der Waals surface area contributed by atoms with E-state index < -0.39 is 57.6 Å². The topological polar surface area (TPSA) is 169 Å². The molecule has 0 spiro atoms. The molecule has 0 saturated carbocycles. The first kappa shape index (κ1) is 44.7. The van der Waals surface area contributed by atoms with Gasteiger partial charge in [0.05, 0.1) is 13.2 Å². The fourth-order valence-corrected chi connectivity index (χ4v) is 5.12. The summed E-state index contributed by atoms with van der Waals surface area (Å²) in [6.07, 6.45) is 29.0. The Kier molecular flexibility index (Phi) is 29.5. The van der Waals surface area contributed by atoms with Crippen molar-refractivity contribution < 1.29 is 47.8 Å². The van der Waals surface area contributed by atoms with E-state index in [0.29, 0.717) is 12.8 Å². The van der Waals surface area contributed by atoms with Gasteiger partial charge in [0, 0.05) is 12.8 Å². The van der Waals surface area contributed by atoms with Crippen molar-refractivity contribution >= 4 is 25.7 Å². The van der Waals surface area contributed by atoms with E-state index >= 15 is 0 Å². The lowest BCUT2D eigenvalue weighted by Crippen LogP contribution is -2.43. The number of carbonyl (C=O) groups is 3. The van der Waals surface area contributed by atoms with Crippen molar-refractivity contribution in [1.29, 1.82) is 0 Å². The van der Waals surface area contributed by atoms with Gasteiger partial charge in [0.25, 0.3) is 0 Å². The van der Waals surface area contributed by atoms with Gasteiger partial charge < -0.3 is 25.2 Å². The normalized spacial score (nSPS) is 14.5. The van der Waals surface area contributed by atoms with Crippen LogP contribution in [-0.2, 0) is 32.7 Å². The summed E-state index contributed by atoms with van der Waals surface area (Å²) in [5, 5.41) is 21.6. The number of unbranched alkanes of at least 4 members (excludes halogenated alkanes) is 12. The van der Waals surface area contributed by atoms with E-state index in [4.69, 9.17) is 13.8 Å². The van der Waals surface area contributed by atoms with E-state index in [2.05, 4.69) is 55.6 Å². The molecule has 11 nitrogen and oxygen atoms in total. The molecule has 0 aromatic heterocycles. The van der Waals surface area contributed by atoms with Gasteiger partial charge >= 0.3 is 19.8 Å². The number of aliphatic hydroxyl groups is 1. The van der Waals surface area contributed by atoms with Crippen molar-refractivity contribution in [3.63, 3.8) is 0 Å². The van der Waals surface area contributed by atoms with E-state index in [-0.39, 0.29) is 12.8 Å². The first-order valence-corrected chi connectivity index (χ1v) is 19.0. The van der Waals surface area contributed by atoms with Crippen LogP contribution in [0.4, 0.5) is 0 Å². The number of allylic oxidation sites excluding steroid dienone is 6.